The maximum Gasteiger partial charge on any atom is 0.211 e. The number of hydrogen-bond acceptors (Lipinski definition) is 1. The summed E-state index contributed by atoms with van der Waals surface area (Å²) in [5.74, 6) is 1.27. The average molecular weight is 375 g/mol. The summed E-state index contributed by atoms with van der Waals surface area (Å²) < 4.78 is 0.867. The van der Waals surface area contributed by atoms with E-state index in [1.54, 1.807) is 0 Å². The van der Waals surface area contributed by atoms with Gasteiger partial charge in [-0.25, -0.2) is 4.48 Å². The van der Waals surface area contributed by atoms with E-state index in [-0.39, 0.29) is 0 Å². The van der Waals surface area contributed by atoms with Crippen LogP contribution in [0.2, 0.25) is 0 Å². The van der Waals surface area contributed by atoms with Crippen LogP contribution in [0.4, 0.5) is 5.82 Å². The number of nitrogens with zero attached hydrogens (tertiary/aromatic N) is 2. The van der Waals surface area contributed by atoms with Crippen LogP contribution in [0.1, 0.15) is 96.8 Å². The fourth-order valence-corrected chi connectivity index (χ4v) is 4.16. The van der Waals surface area contributed by atoms with Gasteiger partial charge in [0.1, 0.15) is 6.20 Å². The Morgan fingerprint density at radius 1 is 0.852 bits per heavy atom. The molecule has 0 aliphatic carbocycles. The Morgan fingerprint density at radius 3 is 1.93 bits per heavy atom. The molecule has 1 aromatic heterocycles. The molecule has 0 saturated heterocycles. The van der Waals surface area contributed by atoms with Crippen LogP contribution in [0.5, 0.6) is 0 Å². The van der Waals surface area contributed by atoms with E-state index in [9.17, 15) is 0 Å². The van der Waals surface area contributed by atoms with Gasteiger partial charge >= 0.3 is 0 Å². The summed E-state index contributed by atoms with van der Waals surface area (Å²) in [5.41, 5.74) is 0. The molecule has 0 radical (unpaired) electrons. The first-order chi connectivity index (χ1) is 13.2. The molecule has 3 heteroatoms. The van der Waals surface area contributed by atoms with Crippen LogP contribution in [0.3, 0.4) is 0 Å². The Labute approximate surface area is 168 Å². The Morgan fingerprint density at radius 2 is 1.41 bits per heavy atom. The van der Waals surface area contributed by atoms with Gasteiger partial charge < -0.3 is 9.88 Å². The lowest BCUT2D eigenvalue weighted by Gasteiger charge is -2.26. The van der Waals surface area contributed by atoms with Crippen molar-refractivity contribution in [1.29, 1.82) is 0 Å². The molecule has 1 aromatic rings. The highest BCUT2D eigenvalue weighted by Gasteiger charge is 2.30. The van der Waals surface area contributed by atoms with Crippen molar-refractivity contribution < 1.29 is 0 Å². The van der Waals surface area contributed by atoms with Gasteiger partial charge in [-0.15, -0.1) is 0 Å². The summed E-state index contributed by atoms with van der Waals surface area (Å²) in [7, 11) is 2.27. The molecule has 0 saturated carbocycles. The largest absolute Gasteiger partial charge is 0.326 e. The molecule has 0 bridgehead atoms. The third kappa shape index (κ3) is 8.55. The number of rotatable bonds is 16. The monoisotopic (exact) mass is 374 g/mol. The molecule has 0 fully saturated rings. The Kier molecular flexibility index (Phi) is 10.7. The summed E-state index contributed by atoms with van der Waals surface area (Å²) in [6.07, 6.45) is 26.6. The van der Waals surface area contributed by atoms with Gasteiger partial charge in [-0.05, 0) is 12.5 Å². The van der Waals surface area contributed by atoms with Crippen molar-refractivity contribution in [3.63, 3.8) is 0 Å². The second-order valence-corrected chi connectivity index (χ2v) is 8.67. The lowest BCUT2D eigenvalue weighted by Crippen LogP contribution is -2.42. The third-order valence-corrected chi connectivity index (χ3v) is 6.01. The summed E-state index contributed by atoms with van der Waals surface area (Å²) in [6, 6.07) is 4.27. The van der Waals surface area contributed by atoms with Gasteiger partial charge in [0, 0.05) is 18.8 Å². The molecular formula is C24H44N3+. The van der Waals surface area contributed by atoms with Crippen LogP contribution < -0.4 is 4.48 Å². The smallest absolute Gasteiger partial charge is 0.211 e. The van der Waals surface area contributed by atoms with E-state index >= 15 is 0 Å². The van der Waals surface area contributed by atoms with E-state index in [0.717, 1.165) is 11.2 Å². The van der Waals surface area contributed by atoms with Crippen molar-refractivity contribution >= 4 is 5.82 Å². The molecule has 2 heterocycles. The van der Waals surface area contributed by atoms with Crippen LogP contribution in [-0.4, -0.2) is 30.1 Å². The Balaban J connectivity index is 1.36. The van der Waals surface area contributed by atoms with Crippen molar-refractivity contribution in [1.82, 2.24) is 14.4 Å². The average Bonchev–Trinajstić information content (AvgIpc) is 3.33. The summed E-state index contributed by atoms with van der Waals surface area (Å²) >= 11 is 0. The number of nitrogens with one attached hydrogen (secondary N) is 1. The predicted molar refractivity (Wildman–Crippen MR) is 120 cm³/mol. The first-order valence-electron chi connectivity index (χ1n) is 11.7. The second-order valence-electron chi connectivity index (χ2n) is 8.67. The van der Waals surface area contributed by atoms with Gasteiger partial charge in [-0.1, -0.05) is 90.4 Å². The standard InChI is InChI=1S/C24H44N3/c1-3-4-5-6-7-8-9-10-11-12-13-14-15-16-20-26-21-22-27(2,23-26)24-18-17-19-25-24/h17-19,21-22,25H,3-16,20,23H2,1-2H3/q+1. The zero-order chi connectivity index (χ0) is 19.2. The fraction of sp³-hybridized carbons (Fsp3) is 0.750. The van der Waals surface area contributed by atoms with Gasteiger partial charge in [0.15, 0.2) is 6.67 Å². The molecule has 1 atom stereocenters. The lowest BCUT2D eigenvalue weighted by atomic mass is 10.0. The van der Waals surface area contributed by atoms with Crippen molar-refractivity contribution in [2.75, 3.05) is 20.3 Å². The van der Waals surface area contributed by atoms with Gasteiger partial charge in [-0.3, -0.25) is 0 Å². The van der Waals surface area contributed by atoms with Gasteiger partial charge in [-0.2, -0.15) is 0 Å². The van der Waals surface area contributed by atoms with Gasteiger partial charge in [0.2, 0.25) is 5.82 Å². The summed E-state index contributed by atoms with van der Waals surface area (Å²) in [4.78, 5) is 5.83. The highest BCUT2D eigenvalue weighted by Crippen LogP contribution is 2.24. The molecule has 27 heavy (non-hydrogen) atoms. The first-order valence-corrected chi connectivity index (χ1v) is 11.7. The van der Waals surface area contributed by atoms with Gasteiger partial charge in [0.25, 0.3) is 0 Å². The van der Waals surface area contributed by atoms with E-state index in [1.807, 2.05) is 6.20 Å². The van der Waals surface area contributed by atoms with E-state index < -0.39 is 0 Å². The number of H-pyrrole nitrogens is 1. The van der Waals surface area contributed by atoms with Crippen LogP contribution in [-0.2, 0) is 0 Å². The van der Waals surface area contributed by atoms with E-state index in [0.29, 0.717) is 0 Å². The number of unbranched alkanes of at least 4 members (excludes halogenated alkanes) is 13. The van der Waals surface area contributed by atoms with E-state index in [2.05, 4.69) is 48.4 Å². The van der Waals surface area contributed by atoms with Crippen molar-refractivity contribution in [3.8, 4) is 0 Å². The molecule has 1 unspecified atom stereocenters. The zero-order valence-electron chi connectivity index (χ0n) is 18.1. The molecule has 1 aliphatic heterocycles. The van der Waals surface area contributed by atoms with Crippen molar-refractivity contribution in [2.24, 2.45) is 0 Å². The molecule has 0 amide bonds. The summed E-state index contributed by atoms with van der Waals surface area (Å²) in [6.45, 7) is 4.55. The molecule has 2 rings (SSSR count). The first kappa shape index (κ1) is 22.1. The van der Waals surface area contributed by atoms with Crippen LogP contribution in [0.15, 0.2) is 30.7 Å². The maximum atomic E-state index is 3.35. The SMILES string of the molecule is CCCCCCCCCCCCCCCCN1C=C[N+](C)(c2ccc[nH]2)C1. The molecule has 0 aromatic carbocycles. The number of aromatic amines is 1. The predicted octanol–water partition coefficient (Wildman–Crippen LogP) is 7.18. The minimum atomic E-state index is 0.867. The number of aromatic nitrogens is 1. The Hall–Kier alpha value is -1.22. The minimum Gasteiger partial charge on any atom is -0.326 e. The number of quaternary nitrogens is 1. The highest BCUT2D eigenvalue weighted by molar-refractivity contribution is 5.38. The topological polar surface area (TPSA) is 19.0 Å². The second kappa shape index (κ2) is 13.0. The van der Waals surface area contributed by atoms with Gasteiger partial charge in [0.05, 0.1) is 13.2 Å². The highest BCUT2D eigenvalue weighted by atomic mass is 15.5. The van der Waals surface area contributed by atoms with E-state index in [1.165, 1.54) is 102 Å². The molecule has 1 aliphatic rings. The Bertz CT molecular complexity index is 494. The van der Waals surface area contributed by atoms with Crippen LogP contribution in [0.25, 0.3) is 0 Å². The summed E-state index contributed by atoms with van der Waals surface area (Å²) in [5, 5.41) is 0. The lowest BCUT2D eigenvalue weighted by molar-refractivity contribution is 0.286. The quantitative estimate of drug-likeness (QED) is 0.240. The molecular weight excluding hydrogens is 330 g/mol. The fourth-order valence-electron chi connectivity index (χ4n) is 4.16. The van der Waals surface area contributed by atoms with Crippen molar-refractivity contribution in [3.05, 3.63) is 30.7 Å². The van der Waals surface area contributed by atoms with E-state index in [4.69, 9.17) is 0 Å². The molecule has 1 N–H and O–H groups in total. The molecule has 0 spiro atoms. The molecule has 154 valence electrons. The molecule has 3 nitrogen and oxygen atoms in total. The van der Waals surface area contributed by atoms with Crippen molar-refractivity contribution in [2.45, 2.75) is 96.8 Å². The zero-order valence-corrected chi connectivity index (χ0v) is 18.1. The maximum absolute atomic E-state index is 3.35. The third-order valence-electron chi connectivity index (χ3n) is 6.01. The number of hydrogen-bond donors (Lipinski definition) is 1. The normalized spacial score (nSPS) is 19.3. The van der Waals surface area contributed by atoms with Crippen LogP contribution >= 0.6 is 0 Å². The van der Waals surface area contributed by atoms with Crippen LogP contribution in [0, 0.1) is 0 Å². The minimum absolute atomic E-state index is 0.867.